The van der Waals surface area contributed by atoms with Crippen molar-refractivity contribution >= 4 is 53.9 Å². The number of rotatable bonds is 11. The molecule has 39 heavy (non-hydrogen) atoms. The molecule has 2 heterocycles. The van der Waals surface area contributed by atoms with Crippen molar-refractivity contribution in [3.8, 4) is 0 Å². The van der Waals surface area contributed by atoms with Crippen molar-refractivity contribution in [1.82, 2.24) is 20.7 Å². The van der Waals surface area contributed by atoms with Crippen LogP contribution in [0.25, 0.3) is 0 Å². The van der Waals surface area contributed by atoms with Gasteiger partial charge in [-0.2, -0.15) is 0 Å². The fourth-order valence-corrected chi connectivity index (χ4v) is 4.96. The lowest BCUT2D eigenvalue weighted by atomic mass is 10.1. The first-order chi connectivity index (χ1) is 17.9. The van der Waals surface area contributed by atoms with E-state index in [9.17, 15) is 14.4 Å². The van der Waals surface area contributed by atoms with Gasteiger partial charge in [-0.3, -0.25) is 19.4 Å². The standard InChI is InChI=1S/C28H38N6O3.2ClH/c1-4-29-13-14-30-26(35)19-32(25-12-11-24(16-21(25)2)34-15-7-10-27(34)36)20-28(37)31(3)33-17-22-8-5-6-9-23(22)18-33;;/h5-6,8-9,11-12,16,29H,4,7,10,13-15,17-20H2,1-3H3,(H,30,35);2*1H. The highest BCUT2D eigenvalue weighted by Crippen LogP contribution is 2.29. The molecular weight excluding hydrogens is 539 g/mol. The van der Waals surface area contributed by atoms with Crippen LogP contribution in [0, 0.1) is 6.92 Å². The summed E-state index contributed by atoms with van der Waals surface area (Å²) in [7, 11) is 1.79. The van der Waals surface area contributed by atoms with Crippen molar-refractivity contribution in [2.75, 3.05) is 56.1 Å². The summed E-state index contributed by atoms with van der Waals surface area (Å²) in [5, 5.41) is 9.82. The van der Waals surface area contributed by atoms with E-state index in [0.29, 0.717) is 32.6 Å². The topological polar surface area (TPSA) is 88.2 Å². The summed E-state index contributed by atoms with van der Waals surface area (Å²) in [6.07, 6.45) is 1.43. The molecule has 0 spiro atoms. The summed E-state index contributed by atoms with van der Waals surface area (Å²) < 4.78 is 0. The van der Waals surface area contributed by atoms with Crippen LogP contribution in [0.1, 0.15) is 36.5 Å². The van der Waals surface area contributed by atoms with E-state index >= 15 is 0 Å². The number of fused-ring (bicyclic) bond motifs is 1. The van der Waals surface area contributed by atoms with Gasteiger partial charge in [0.15, 0.2) is 0 Å². The number of likely N-dealkylation sites (N-methyl/N-ethyl adjacent to an activating group) is 2. The molecule has 4 rings (SSSR count). The van der Waals surface area contributed by atoms with Crippen LogP contribution < -0.4 is 20.4 Å². The number of nitrogens with one attached hydrogen (secondary N) is 2. The van der Waals surface area contributed by atoms with E-state index in [0.717, 1.165) is 36.4 Å². The van der Waals surface area contributed by atoms with E-state index in [2.05, 4.69) is 22.8 Å². The Labute approximate surface area is 243 Å². The Balaban J connectivity index is 0.00000267. The quantitative estimate of drug-likeness (QED) is 0.399. The van der Waals surface area contributed by atoms with E-state index in [4.69, 9.17) is 0 Å². The molecule has 0 bridgehead atoms. The van der Waals surface area contributed by atoms with Crippen molar-refractivity contribution in [3.63, 3.8) is 0 Å². The molecule has 2 aliphatic heterocycles. The monoisotopic (exact) mass is 578 g/mol. The number of anilines is 2. The molecule has 2 aromatic rings. The number of hydrogen-bond donors (Lipinski definition) is 2. The molecule has 1 saturated heterocycles. The summed E-state index contributed by atoms with van der Waals surface area (Å²) in [4.78, 5) is 42.1. The van der Waals surface area contributed by atoms with Crippen LogP contribution in [0.3, 0.4) is 0 Å². The van der Waals surface area contributed by atoms with Gasteiger partial charge in [-0.1, -0.05) is 31.2 Å². The molecule has 0 radical (unpaired) electrons. The van der Waals surface area contributed by atoms with Gasteiger partial charge in [0.25, 0.3) is 5.91 Å². The van der Waals surface area contributed by atoms with Gasteiger partial charge in [0, 0.05) is 57.6 Å². The maximum Gasteiger partial charge on any atom is 0.256 e. The fraction of sp³-hybridized carbons (Fsp3) is 0.464. The predicted octanol–water partition coefficient (Wildman–Crippen LogP) is 2.89. The lowest BCUT2D eigenvalue weighted by molar-refractivity contribution is -0.145. The van der Waals surface area contributed by atoms with Gasteiger partial charge in [-0.15, -0.1) is 24.8 Å². The Kier molecular flexibility index (Phi) is 12.5. The van der Waals surface area contributed by atoms with Crippen LogP contribution in [-0.2, 0) is 27.5 Å². The number of amides is 3. The van der Waals surface area contributed by atoms with Gasteiger partial charge in [-0.25, -0.2) is 5.01 Å². The van der Waals surface area contributed by atoms with Crippen LogP contribution in [0.4, 0.5) is 11.4 Å². The average Bonchev–Trinajstić information content (AvgIpc) is 3.52. The first-order valence-electron chi connectivity index (χ1n) is 13.1. The zero-order chi connectivity index (χ0) is 26.4. The van der Waals surface area contributed by atoms with Crippen LogP contribution in [0.2, 0.25) is 0 Å². The summed E-state index contributed by atoms with van der Waals surface area (Å²) in [5.41, 5.74) is 5.03. The van der Waals surface area contributed by atoms with Crippen molar-refractivity contribution < 1.29 is 14.4 Å². The second-order valence-electron chi connectivity index (χ2n) is 9.69. The van der Waals surface area contributed by atoms with E-state index in [1.54, 1.807) is 17.0 Å². The van der Waals surface area contributed by atoms with Crippen molar-refractivity contribution in [1.29, 1.82) is 0 Å². The molecule has 0 aliphatic carbocycles. The zero-order valence-corrected chi connectivity index (χ0v) is 24.6. The van der Waals surface area contributed by atoms with E-state index in [1.165, 1.54) is 11.1 Å². The Hall–Kier alpha value is -2.85. The third kappa shape index (κ3) is 8.08. The largest absolute Gasteiger partial charge is 0.353 e. The number of aryl methyl sites for hydroxylation is 1. The SMILES string of the molecule is CCNCCNC(=O)CN(CC(=O)N(C)N1Cc2ccccc2C1)c1ccc(N2CCCC2=O)cc1C.Cl.Cl. The predicted molar refractivity (Wildman–Crippen MR) is 159 cm³/mol. The van der Waals surface area contributed by atoms with Crippen LogP contribution in [-0.4, -0.2) is 74.1 Å². The first kappa shape index (κ1) is 32.4. The van der Waals surface area contributed by atoms with Gasteiger partial charge in [0.05, 0.1) is 13.1 Å². The molecule has 9 nitrogen and oxygen atoms in total. The number of benzene rings is 2. The van der Waals surface area contributed by atoms with Gasteiger partial charge in [0.1, 0.15) is 0 Å². The minimum absolute atomic E-state index is 0. The first-order valence-corrected chi connectivity index (χ1v) is 13.1. The lowest BCUT2D eigenvalue weighted by Crippen LogP contribution is -2.48. The minimum atomic E-state index is -0.139. The lowest BCUT2D eigenvalue weighted by Gasteiger charge is -2.32. The molecule has 0 saturated carbocycles. The Morgan fingerprint density at radius 1 is 1.00 bits per heavy atom. The van der Waals surface area contributed by atoms with Gasteiger partial charge in [0.2, 0.25) is 11.8 Å². The molecule has 2 aliphatic rings. The number of hydrogen-bond acceptors (Lipinski definition) is 6. The molecular formula is C28H40Cl2N6O3. The van der Waals surface area contributed by atoms with Gasteiger partial charge >= 0.3 is 0 Å². The highest BCUT2D eigenvalue weighted by Gasteiger charge is 2.27. The normalized spacial score (nSPS) is 14.3. The number of halogens is 2. The second kappa shape index (κ2) is 15.1. The molecule has 1 fully saturated rings. The maximum atomic E-state index is 13.4. The number of hydrazine groups is 1. The van der Waals surface area contributed by atoms with Gasteiger partial charge in [-0.05, 0) is 54.8 Å². The van der Waals surface area contributed by atoms with Crippen molar-refractivity contribution in [3.05, 3.63) is 59.2 Å². The number of carbonyl (C=O) groups is 3. The summed E-state index contributed by atoms with van der Waals surface area (Å²) >= 11 is 0. The molecule has 0 unspecified atom stereocenters. The summed E-state index contributed by atoms with van der Waals surface area (Å²) in [5.74, 6) is -0.0981. The number of nitrogens with zero attached hydrogens (tertiary/aromatic N) is 4. The van der Waals surface area contributed by atoms with Gasteiger partial charge < -0.3 is 20.4 Å². The van der Waals surface area contributed by atoms with Crippen LogP contribution in [0.15, 0.2) is 42.5 Å². The zero-order valence-electron chi connectivity index (χ0n) is 22.9. The third-order valence-electron chi connectivity index (χ3n) is 7.05. The highest BCUT2D eigenvalue weighted by molar-refractivity contribution is 5.96. The molecule has 2 aromatic carbocycles. The maximum absolute atomic E-state index is 13.4. The number of carbonyl (C=O) groups excluding carboxylic acids is 3. The highest BCUT2D eigenvalue weighted by atomic mass is 35.5. The molecule has 3 amide bonds. The summed E-state index contributed by atoms with van der Waals surface area (Å²) in [6.45, 7) is 8.24. The minimum Gasteiger partial charge on any atom is -0.353 e. The van der Waals surface area contributed by atoms with Crippen LogP contribution >= 0.6 is 24.8 Å². The third-order valence-corrected chi connectivity index (χ3v) is 7.05. The fourth-order valence-electron chi connectivity index (χ4n) is 4.96. The molecule has 11 heteroatoms. The Bertz CT molecular complexity index is 1120. The molecule has 0 atom stereocenters. The van der Waals surface area contributed by atoms with Crippen molar-refractivity contribution in [2.24, 2.45) is 0 Å². The van der Waals surface area contributed by atoms with Crippen molar-refractivity contribution in [2.45, 2.75) is 39.8 Å². The molecule has 214 valence electrons. The molecule has 0 aromatic heterocycles. The average molecular weight is 580 g/mol. The van der Waals surface area contributed by atoms with E-state index in [1.807, 2.05) is 54.1 Å². The van der Waals surface area contributed by atoms with Crippen LogP contribution in [0.5, 0.6) is 0 Å². The smallest absolute Gasteiger partial charge is 0.256 e. The summed E-state index contributed by atoms with van der Waals surface area (Å²) in [6, 6.07) is 14.0. The molecule has 2 N–H and O–H groups in total. The Morgan fingerprint density at radius 3 is 2.28 bits per heavy atom. The van der Waals surface area contributed by atoms with E-state index in [-0.39, 0.29) is 55.6 Å². The second-order valence-corrected chi connectivity index (χ2v) is 9.69. The van der Waals surface area contributed by atoms with E-state index < -0.39 is 0 Å². The Morgan fingerprint density at radius 2 is 1.69 bits per heavy atom.